The lowest BCUT2D eigenvalue weighted by Crippen LogP contribution is -2.39. The first-order valence-corrected chi connectivity index (χ1v) is 11.2. The summed E-state index contributed by atoms with van der Waals surface area (Å²) in [5, 5.41) is 23.7. The summed E-state index contributed by atoms with van der Waals surface area (Å²) in [5.41, 5.74) is -0.705. The van der Waals surface area contributed by atoms with Gasteiger partial charge in [-0.1, -0.05) is 6.92 Å². The van der Waals surface area contributed by atoms with Crippen molar-refractivity contribution in [2.24, 2.45) is 5.92 Å². The van der Waals surface area contributed by atoms with Crippen molar-refractivity contribution in [3.05, 3.63) is 71.4 Å². The fourth-order valence-electron chi connectivity index (χ4n) is 4.73. The standard InChI is InChI=1S/C25H23F3N4O4/c1-12-6-13(8-14(7-12)30-25(35)36)16-4-5-29-11-21(16)32-24(34)20-3-2-17(26)23(31-20)22-18(27)9-15(33)10-19(22)28/h2-5,9-14,30,33H,6-8H2,1H3,(H,32,34)(H,35,36)/t12-,13+,14-/m0/s1. The smallest absolute Gasteiger partial charge is 0.404 e. The van der Waals surface area contributed by atoms with Gasteiger partial charge in [0.15, 0.2) is 0 Å². The molecule has 3 aromatic rings. The van der Waals surface area contributed by atoms with E-state index < -0.39 is 46.5 Å². The van der Waals surface area contributed by atoms with E-state index in [9.17, 15) is 27.9 Å². The van der Waals surface area contributed by atoms with Crippen LogP contribution < -0.4 is 10.6 Å². The second-order valence-corrected chi connectivity index (χ2v) is 8.88. The minimum Gasteiger partial charge on any atom is -0.508 e. The molecule has 2 aromatic heterocycles. The molecule has 0 unspecified atom stereocenters. The maximum absolute atomic E-state index is 14.4. The van der Waals surface area contributed by atoms with Crippen molar-refractivity contribution in [3.8, 4) is 17.0 Å². The Labute approximate surface area is 204 Å². The summed E-state index contributed by atoms with van der Waals surface area (Å²) in [7, 11) is 0. The molecule has 0 bridgehead atoms. The van der Waals surface area contributed by atoms with Crippen molar-refractivity contribution in [1.29, 1.82) is 0 Å². The number of anilines is 1. The maximum atomic E-state index is 14.4. The van der Waals surface area contributed by atoms with E-state index in [4.69, 9.17) is 5.11 Å². The number of benzene rings is 1. The third-order valence-electron chi connectivity index (χ3n) is 6.16. The van der Waals surface area contributed by atoms with Crippen LogP contribution in [0.1, 0.15) is 48.2 Å². The van der Waals surface area contributed by atoms with Crippen molar-refractivity contribution in [2.75, 3.05) is 5.32 Å². The Bertz CT molecular complexity index is 1300. The van der Waals surface area contributed by atoms with Crippen molar-refractivity contribution in [1.82, 2.24) is 15.3 Å². The van der Waals surface area contributed by atoms with Crippen LogP contribution >= 0.6 is 0 Å². The number of carboxylic acid groups (broad SMARTS) is 1. The van der Waals surface area contributed by atoms with Crippen molar-refractivity contribution in [3.63, 3.8) is 0 Å². The average molecular weight is 500 g/mol. The molecule has 1 saturated carbocycles. The van der Waals surface area contributed by atoms with Gasteiger partial charge in [0.2, 0.25) is 0 Å². The van der Waals surface area contributed by atoms with Crippen molar-refractivity contribution in [2.45, 2.75) is 38.1 Å². The number of hydrogen-bond acceptors (Lipinski definition) is 5. The average Bonchev–Trinajstić information content (AvgIpc) is 2.79. The Hall–Kier alpha value is -4.15. The molecule has 4 N–H and O–H groups in total. The second kappa shape index (κ2) is 10.2. The van der Waals surface area contributed by atoms with Crippen LogP contribution in [0.25, 0.3) is 11.3 Å². The zero-order valence-electron chi connectivity index (χ0n) is 19.1. The lowest BCUT2D eigenvalue weighted by molar-refractivity contribution is 0.102. The van der Waals surface area contributed by atoms with Crippen LogP contribution in [-0.2, 0) is 0 Å². The number of rotatable bonds is 5. The molecular formula is C25H23F3N4O4. The van der Waals surface area contributed by atoms with Crippen molar-refractivity contribution < 1.29 is 33.0 Å². The number of halogens is 3. The number of nitrogens with zero attached hydrogens (tertiary/aromatic N) is 2. The highest BCUT2D eigenvalue weighted by molar-refractivity contribution is 6.03. The molecule has 1 aliphatic carbocycles. The monoisotopic (exact) mass is 500 g/mol. The van der Waals surface area contributed by atoms with Gasteiger partial charge in [-0.25, -0.2) is 22.9 Å². The minimum absolute atomic E-state index is 0.0687. The Morgan fingerprint density at radius 3 is 2.44 bits per heavy atom. The molecule has 1 aromatic carbocycles. The number of pyridine rings is 2. The number of nitrogens with one attached hydrogen (secondary N) is 2. The van der Waals surface area contributed by atoms with Gasteiger partial charge in [-0.2, -0.15) is 0 Å². The van der Waals surface area contributed by atoms with Crippen molar-refractivity contribution >= 4 is 17.7 Å². The SMILES string of the molecule is C[C@@H]1C[C@H](NC(=O)O)C[C@H](c2ccncc2NC(=O)c2ccc(F)c(-c3c(F)cc(O)cc3F)n2)C1. The Balaban J connectivity index is 1.62. The van der Waals surface area contributed by atoms with Crippen LogP contribution in [0.4, 0.5) is 23.7 Å². The van der Waals surface area contributed by atoms with E-state index in [1.165, 1.54) is 6.20 Å². The van der Waals surface area contributed by atoms with Crippen LogP contribution in [-0.4, -0.2) is 38.2 Å². The third-order valence-corrected chi connectivity index (χ3v) is 6.16. The number of aromatic hydroxyl groups is 1. The number of carbonyl (C=O) groups excluding carboxylic acids is 1. The topological polar surface area (TPSA) is 124 Å². The van der Waals surface area contributed by atoms with Crippen LogP contribution in [0.5, 0.6) is 5.75 Å². The quantitative estimate of drug-likeness (QED) is 0.388. The fraction of sp³-hybridized carbons (Fsp3) is 0.280. The summed E-state index contributed by atoms with van der Waals surface area (Å²) in [6.07, 6.45) is 3.90. The molecule has 8 nitrogen and oxygen atoms in total. The molecular weight excluding hydrogens is 477 g/mol. The molecule has 36 heavy (non-hydrogen) atoms. The number of phenolic OH excluding ortho intramolecular Hbond substituents is 1. The molecule has 0 saturated heterocycles. The lowest BCUT2D eigenvalue weighted by atomic mass is 9.76. The van der Waals surface area contributed by atoms with E-state index in [1.54, 1.807) is 12.3 Å². The van der Waals surface area contributed by atoms with Gasteiger partial charge in [-0.15, -0.1) is 0 Å². The summed E-state index contributed by atoms with van der Waals surface area (Å²) in [4.78, 5) is 32.0. The highest BCUT2D eigenvalue weighted by Crippen LogP contribution is 2.39. The normalized spacial score (nSPS) is 19.5. The largest absolute Gasteiger partial charge is 0.508 e. The summed E-state index contributed by atoms with van der Waals surface area (Å²) in [5.74, 6) is -4.79. The molecule has 0 spiro atoms. The molecule has 0 aliphatic heterocycles. The van der Waals surface area contributed by atoms with E-state index in [1.807, 2.05) is 6.92 Å². The van der Waals surface area contributed by atoms with E-state index >= 15 is 0 Å². The Morgan fingerprint density at radius 1 is 1.03 bits per heavy atom. The summed E-state index contributed by atoms with van der Waals surface area (Å²) in [6.45, 7) is 2.02. The lowest BCUT2D eigenvalue weighted by Gasteiger charge is -2.34. The number of phenols is 1. The zero-order chi connectivity index (χ0) is 26.0. The van der Waals surface area contributed by atoms with Gasteiger partial charge >= 0.3 is 6.09 Å². The highest BCUT2D eigenvalue weighted by Gasteiger charge is 2.30. The van der Waals surface area contributed by atoms with Gasteiger partial charge in [0.1, 0.15) is 34.6 Å². The second-order valence-electron chi connectivity index (χ2n) is 8.88. The molecule has 2 amide bonds. The van der Waals surface area contributed by atoms with Gasteiger partial charge in [0, 0.05) is 24.4 Å². The predicted octanol–water partition coefficient (Wildman–Crippen LogP) is 5.06. The van der Waals surface area contributed by atoms with E-state index in [0.29, 0.717) is 30.7 Å². The zero-order valence-corrected chi connectivity index (χ0v) is 19.1. The van der Waals surface area contributed by atoms with Crippen LogP contribution in [0.2, 0.25) is 0 Å². The van der Waals surface area contributed by atoms with Crippen LogP contribution in [0.3, 0.4) is 0 Å². The molecule has 1 fully saturated rings. The van der Waals surface area contributed by atoms with Gasteiger partial charge in [-0.05, 0) is 54.9 Å². The molecule has 11 heteroatoms. The Morgan fingerprint density at radius 2 is 1.75 bits per heavy atom. The van der Waals surface area contributed by atoms with Crippen LogP contribution in [0.15, 0.2) is 42.7 Å². The molecule has 1 aliphatic rings. The molecule has 2 heterocycles. The minimum atomic E-state index is -1.23. The van der Waals surface area contributed by atoms with E-state index in [-0.39, 0.29) is 23.6 Å². The summed E-state index contributed by atoms with van der Waals surface area (Å²) < 4.78 is 43.0. The van der Waals surface area contributed by atoms with E-state index in [0.717, 1.165) is 24.1 Å². The predicted molar refractivity (Wildman–Crippen MR) is 124 cm³/mol. The number of aromatic nitrogens is 2. The van der Waals surface area contributed by atoms with Gasteiger partial charge in [0.25, 0.3) is 5.91 Å². The first-order chi connectivity index (χ1) is 17.1. The maximum Gasteiger partial charge on any atom is 0.404 e. The first-order valence-electron chi connectivity index (χ1n) is 11.2. The summed E-state index contributed by atoms with van der Waals surface area (Å²) >= 11 is 0. The van der Waals surface area contributed by atoms with E-state index in [2.05, 4.69) is 20.6 Å². The highest BCUT2D eigenvalue weighted by atomic mass is 19.1. The van der Waals surface area contributed by atoms with Gasteiger partial charge in [-0.3, -0.25) is 9.78 Å². The molecule has 188 valence electrons. The van der Waals surface area contributed by atoms with Gasteiger partial charge < -0.3 is 20.8 Å². The first kappa shape index (κ1) is 25.0. The summed E-state index contributed by atoms with van der Waals surface area (Å²) in [6, 6.07) is 4.68. The van der Waals surface area contributed by atoms with Crippen LogP contribution in [0, 0.1) is 23.4 Å². The third kappa shape index (κ3) is 5.40. The Kier molecular flexibility index (Phi) is 7.09. The fourth-order valence-corrected chi connectivity index (χ4v) is 4.73. The molecule has 0 radical (unpaired) electrons. The molecule has 4 rings (SSSR count). The molecule has 3 atom stereocenters. The number of amides is 2. The number of hydrogen-bond donors (Lipinski definition) is 4. The number of carbonyl (C=O) groups is 2. The van der Waals surface area contributed by atoms with Gasteiger partial charge in [0.05, 0.1) is 17.4 Å².